The van der Waals surface area contributed by atoms with E-state index in [9.17, 15) is 19.8 Å². The lowest BCUT2D eigenvalue weighted by atomic mass is 9.89. The van der Waals surface area contributed by atoms with Crippen LogP contribution in [0.3, 0.4) is 0 Å². The Morgan fingerprint density at radius 2 is 1.14 bits per heavy atom. The fourth-order valence-electron chi connectivity index (χ4n) is 6.67. The highest BCUT2D eigenvalue weighted by molar-refractivity contribution is 5.87. The standard InChI is InChI=1S/C49H68O7/c1-8-10-11-12-13-14-15-18-38-21-23-40(24-22-38)41-25-26-45(39(9-2)31-41)44-32-42(19-16-28-55-47(52)36(3)4)46(54-30-27-49(7,34-50)35-51)43(33-44)20-17-29-56-48(53)37(5)6/h21-26,31-33,50-51H,3,5,8-20,27-30,34-35H2,1-2,4,6-7H3. The second-order valence-electron chi connectivity index (χ2n) is 15.7. The van der Waals surface area contributed by atoms with E-state index in [2.05, 4.69) is 81.6 Å². The molecule has 0 saturated heterocycles. The van der Waals surface area contributed by atoms with E-state index in [4.69, 9.17) is 14.2 Å². The normalized spacial score (nSPS) is 11.3. The Hall–Kier alpha value is -4.20. The molecule has 0 amide bonds. The predicted molar refractivity (Wildman–Crippen MR) is 229 cm³/mol. The van der Waals surface area contributed by atoms with Crippen LogP contribution in [0, 0.1) is 5.41 Å². The molecule has 0 atom stereocenters. The summed E-state index contributed by atoms with van der Waals surface area (Å²) in [6.07, 6.45) is 13.9. The van der Waals surface area contributed by atoms with Crippen molar-refractivity contribution in [3.8, 4) is 28.0 Å². The summed E-state index contributed by atoms with van der Waals surface area (Å²) in [6.45, 7) is 17.4. The molecule has 56 heavy (non-hydrogen) atoms. The molecule has 7 heteroatoms. The van der Waals surface area contributed by atoms with Crippen molar-refractivity contribution >= 4 is 11.9 Å². The van der Waals surface area contributed by atoms with E-state index >= 15 is 0 Å². The number of aliphatic hydroxyl groups is 2. The largest absolute Gasteiger partial charge is 0.493 e. The van der Waals surface area contributed by atoms with Gasteiger partial charge < -0.3 is 24.4 Å². The highest BCUT2D eigenvalue weighted by Gasteiger charge is 2.23. The second kappa shape index (κ2) is 24.4. The lowest BCUT2D eigenvalue weighted by Crippen LogP contribution is -2.28. The van der Waals surface area contributed by atoms with Crippen LogP contribution in [-0.2, 0) is 44.7 Å². The van der Waals surface area contributed by atoms with Crippen LogP contribution in [0.5, 0.6) is 5.75 Å². The molecule has 0 aromatic heterocycles. The third-order valence-electron chi connectivity index (χ3n) is 10.5. The van der Waals surface area contributed by atoms with Gasteiger partial charge >= 0.3 is 11.9 Å². The molecule has 0 bridgehead atoms. The van der Waals surface area contributed by atoms with Gasteiger partial charge in [0.05, 0.1) is 33.0 Å². The molecule has 0 aliphatic heterocycles. The number of unbranched alkanes of at least 4 members (excludes halogenated alkanes) is 6. The van der Waals surface area contributed by atoms with Gasteiger partial charge in [0.15, 0.2) is 0 Å². The smallest absolute Gasteiger partial charge is 0.333 e. The van der Waals surface area contributed by atoms with Crippen molar-refractivity contribution in [1.29, 1.82) is 0 Å². The van der Waals surface area contributed by atoms with Gasteiger partial charge in [0.2, 0.25) is 0 Å². The molecule has 0 heterocycles. The molecule has 0 saturated carbocycles. The van der Waals surface area contributed by atoms with Crippen molar-refractivity contribution in [1.82, 2.24) is 0 Å². The number of hydrogen-bond donors (Lipinski definition) is 2. The van der Waals surface area contributed by atoms with E-state index in [0.29, 0.717) is 49.9 Å². The first kappa shape index (κ1) is 46.2. The number of ether oxygens (including phenoxy) is 3. The zero-order chi connectivity index (χ0) is 40.9. The number of carbonyl (C=O) groups is 2. The summed E-state index contributed by atoms with van der Waals surface area (Å²) < 4.78 is 17.4. The molecule has 7 nitrogen and oxygen atoms in total. The summed E-state index contributed by atoms with van der Waals surface area (Å²) in [5.74, 6) is -0.0957. The third kappa shape index (κ3) is 15.0. The molecule has 0 unspecified atom stereocenters. The summed E-state index contributed by atoms with van der Waals surface area (Å²) in [5, 5.41) is 19.8. The predicted octanol–water partition coefficient (Wildman–Crippen LogP) is 10.7. The summed E-state index contributed by atoms with van der Waals surface area (Å²) >= 11 is 0. The number of aryl methyl sites for hydroxylation is 4. The summed E-state index contributed by atoms with van der Waals surface area (Å²) in [4.78, 5) is 24.2. The maximum Gasteiger partial charge on any atom is 0.333 e. The molecule has 3 rings (SSSR count). The van der Waals surface area contributed by atoms with Crippen molar-refractivity contribution in [3.05, 3.63) is 101 Å². The van der Waals surface area contributed by atoms with Crippen LogP contribution in [0.4, 0.5) is 0 Å². The van der Waals surface area contributed by atoms with Crippen LogP contribution >= 0.6 is 0 Å². The molecule has 0 aliphatic rings. The SMILES string of the molecule is C=C(C)C(=O)OCCCc1cc(-c2ccc(-c3ccc(CCCCCCCCC)cc3)cc2CC)cc(CCCOC(=O)C(=C)C)c1OCCC(C)(CO)CO. The van der Waals surface area contributed by atoms with Crippen molar-refractivity contribution in [2.45, 2.75) is 125 Å². The minimum absolute atomic E-state index is 0.160. The molecule has 3 aromatic rings. The Labute approximate surface area is 337 Å². The Kier molecular flexibility index (Phi) is 20.2. The minimum Gasteiger partial charge on any atom is -0.493 e. The average molecular weight is 769 g/mol. The topological polar surface area (TPSA) is 102 Å². The number of rotatable bonds is 27. The second-order valence-corrected chi connectivity index (χ2v) is 15.7. The Balaban J connectivity index is 1.94. The third-order valence-corrected chi connectivity index (χ3v) is 10.5. The van der Waals surface area contributed by atoms with E-state index < -0.39 is 17.4 Å². The number of benzene rings is 3. The molecule has 2 N–H and O–H groups in total. The van der Waals surface area contributed by atoms with Crippen molar-refractivity contribution in [3.63, 3.8) is 0 Å². The van der Waals surface area contributed by atoms with E-state index in [0.717, 1.165) is 40.8 Å². The van der Waals surface area contributed by atoms with E-state index in [1.54, 1.807) is 13.8 Å². The average Bonchev–Trinajstić information content (AvgIpc) is 3.20. The highest BCUT2D eigenvalue weighted by atomic mass is 16.5. The number of hydrogen-bond acceptors (Lipinski definition) is 7. The van der Waals surface area contributed by atoms with Crippen LogP contribution in [-0.4, -0.2) is 55.2 Å². The zero-order valence-electron chi connectivity index (χ0n) is 35.0. The Morgan fingerprint density at radius 3 is 1.66 bits per heavy atom. The number of carbonyl (C=O) groups excluding carboxylic acids is 2. The van der Waals surface area contributed by atoms with Gasteiger partial charge in [-0.2, -0.15) is 0 Å². The first-order valence-electron chi connectivity index (χ1n) is 20.8. The van der Waals surface area contributed by atoms with Crippen molar-refractivity contribution in [2.75, 3.05) is 33.0 Å². The molecule has 0 radical (unpaired) electrons. The van der Waals surface area contributed by atoms with Crippen LogP contribution in [0.2, 0.25) is 0 Å². The molecular formula is C49H68O7. The molecule has 3 aromatic carbocycles. The van der Waals surface area contributed by atoms with Gasteiger partial charge in [-0.15, -0.1) is 0 Å². The maximum atomic E-state index is 12.1. The molecule has 0 aliphatic carbocycles. The number of esters is 2. The highest BCUT2D eigenvalue weighted by Crippen LogP contribution is 2.37. The van der Waals surface area contributed by atoms with Gasteiger partial charge in [-0.25, -0.2) is 9.59 Å². The van der Waals surface area contributed by atoms with Gasteiger partial charge in [-0.1, -0.05) is 115 Å². The lowest BCUT2D eigenvalue weighted by molar-refractivity contribution is -0.139. The van der Waals surface area contributed by atoms with Crippen LogP contribution in [0.15, 0.2) is 78.9 Å². The monoisotopic (exact) mass is 768 g/mol. The first-order valence-corrected chi connectivity index (χ1v) is 20.8. The molecule has 0 spiro atoms. The Morgan fingerprint density at radius 1 is 0.625 bits per heavy atom. The van der Waals surface area contributed by atoms with Crippen molar-refractivity contribution < 1.29 is 34.0 Å². The van der Waals surface area contributed by atoms with Gasteiger partial charge in [0.1, 0.15) is 5.75 Å². The maximum absolute atomic E-state index is 12.1. The first-order chi connectivity index (χ1) is 26.9. The van der Waals surface area contributed by atoms with E-state index in [-0.39, 0.29) is 26.4 Å². The van der Waals surface area contributed by atoms with Crippen LogP contribution < -0.4 is 4.74 Å². The van der Waals surface area contributed by atoms with Gasteiger partial charge in [0.25, 0.3) is 0 Å². The minimum atomic E-state index is -0.681. The number of aliphatic hydroxyl groups excluding tert-OH is 2. The van der Waals surface area contributed by atoms with E-state index in [1.807, 2.05) is 6.92 Å². The summed E-state index contributed by atoms with van der Waals surface area (Å²) in [5.41, 5.74) is 9.17. The summed E-state index contributed by atoms with van der Waals surface area (Å²) in [7, 11) is 0. The fraction of sp³-hybridized carbons (Fsp3) is 0.510. The van der Waals surface area contributed by atoms with E-state index in [1.165, 1.54) is 67.2 Å². The molecule has 0 fully saturated rings. The quantitative estimate of drug-likeness (QED) is 0.0452. The van der Waals surface area contributed by atoms with Crippen LogP contribution in [0.25, 0.3) is 22.3 Å². The van der Waals surface area contributed by atoms with Gasteiger partial charge in [-0.3, -0.25) is 0 Å². The summed E-state index contributed by atoms with van der Waals surface area (Å²) in [6, 6.07) is 20.1. The lowest BCUT2D eigenvalue weighted by Gasteiger charge is -2.26. The Bertz CT molecular complexity index is 1640. The van der Waals surface area contributed by atoms with Crippen LogP contribution in [0.1, 0.15) is 121 Å². The van der Waals surface area contributed by atoms with Crippen molar-refractivity contribution in [2.24, 2.45) is 5.41 Å². The molecular weight excluding hydrogens is 701 g/mol. The van der Waals surface area contributed by atoms with Gasteiger partial charge in [-0.05, 0) is 122 Å². The zero-order valence-corrected chi connectivity index (χ0v) is 35.0. The van der Waals surface area contributed by atoms with Gasteiger partial charge in [0, 0.05) is 16.6 Å². The fourth-order valence-corrected chi connectivity index (χ4v) is 6.67. The molecule has 306 valence electrons.